The van der Waals surface area contributed by atoms with Crippen LogP contribution in [-0.2, 0) is 11.2 Å². The molecule has 1 aromatic heterocycles. The Hall–Kier alpha value is -0.910. The molecule has 0 saturated carbocycles. The summed E-state index contributed by atoms with van der Waals surface area (Å²) in [7, 11) is 2.00. The lowest BCUT2D eigenvalue weighted by Crippen LogP contribution is -2.45. The summed E-state index contributed by atoms with van der Waals surface area (Å²) in [5.41, 5.74) is 10.9. The molecule has 1 aromatic rings. The average Bonchev–Trinajstić information content (AvgIpc) is 2.77. The highest BCUT2D eigenvalue weighted by Gasteiger charge is 2.20. The molecule has 0 aliphatic rings. The fourth-order valence-corrected chi connectivity index (χ4v) is 2.68. The van der Waals surface area contributed by atoms with Crippen molar-refractivity contribution in [2.24, 2.45) is 11.5 Å². The van der Waals surface area contributed by atoms with E-state index in [2.05, 4.69) is 29.3 Å². The molecule has 0 radical (unpaired) electrons. The lowest BCUT2D eigenvalue weighted by molar-refractivity contribution is -0.119. The van der Waals surface area contributed by atoms with Crippen molar-refractivity contribution in [3.05, 3.63) is 22.4 Å². The van der Waals surface area contributed by atoms with Gasteiger partial charge >= 0.3 is 0 Å². The molecule has 1 amide bonds. The molecule has 2 unspecified atom stereocenters. The first-order chi connectivity index (χ1) is 8.04. The van der Waals surface area contributed by atoms with Gasteiger partial charge in [0.1, 0.15) is 0 Å². The number of carbonyl (C=O) groups is 1. The van der Waals surface area contributed by atoms with Crippen molar-refractivity contribution >= 4 is 17.2 Å². The molecule has 2 atom stereocenters. The van der Waals surface area contributed by atoms with E-state index in [-0.39, 0.29) is 11.9 Å². The first-order valence-electron chi connectivity index (χ1n) is 5.77. The van der Waals surface area contributed by atoms with Gasteiger partial charge in [-0.05, 0) is 31.8 Å². The molecule has 5 heteroatoms. The fraction of sp³-hybridized carbons (Fsp3) is 0.583. The maximum atomic E-state index is 11.0. The molecule has 0 aromatic carbocycles. The first-order valence-corrected chi connectivity index (χ1v) is 6.65. The van der Waals surface area contributed by atoms with E-state index in [1.807, 2.05) is 7.05 Å². The van der Waals surface area contributed by atoms with Gasteiger partial charge in [0, 0.05) is 29.9 Å². The van der Waals surface area contributed by atoms with Gasteiger partial charge in [-0.15, -0.1) is 11.3 Å². The number of thiophene rings is 1. The summed E-state index contributed by atoms with van der Waals surface area (Å²) in [6.45, 7) is 2.59. The minimum Gasteiger partial charge on any atom is -0.370 e. The van der Waals surface area contributed by atoms with Crippen molar-refractivity contribution in [2.75, 3.05) is 13.6 Å². The number of hydrogen-bond donors (Lipinski definition) is 2. The zero-order valence-electron chi connectivity index (χ0n) is 10.4. The van der Waals surface area contributed by atoms with Crippen molar-refractivity contribution in [1.29, 1.82) is 0 Å². The van der Waals surface area contributed by atoms with Crippen LogP contribution in [0, 0.1) is 0 Å². The van der Waals surface area contributed by atoms with E-state index < -0.39 is 0 Å². The largest absolute Gasteiger partial charge is 0.370 e. The number of nitrogens with two attached hydrogens (primary N) is 2. The first kappa shape index (κ1) is 14.2. The van der Waals surface area contributed by atoms with Crippen LogP contribution >= 0.6 is 11.3 Å². The lowest BCUT2D eigenvalue weighted by atomic mass is 10.1. The quantitative estimate of drug-likeness (QED) is 0.757. The number of amides is 1. The highest BCUT2D eigenvalue weighted by atomic mass is 32.1. The minimum atomic E-state index is -0.296. The van der Waals surface area contributed by atoms with Crippen molar-refractivity contribution in [1.82, 2.24) is 4.90 Å². The fourth-order valence-electron chi connectivity index (χ4n) is 1.85. The van der Waals surface area contributed by atoms with E-state index in [0.717, 1.165) is 6.42 Å². The molecule has 1 heterocycles. The van der Waals surface area contributed by atoms with E-state index in [4.69, 9.17) is 11.5 Å². The van der Waals surface area contributed by atoms with E-state index in [1.165, 1.54) is 4.88 Å². The monoisotopic (exact) mass is 255 g/mol. The summed E-state index contributed by atoms with van der Waals surface area (Å²) in [4.78, 5) is 14.4. The second-order valence-corrected chi connectivity index (χ2v) is 5.39. The third-order valence-corrected chi connectivity index (χ3v) is 3.96. The molecular formula is C12H21N3OS. The summed E-state index contributed by atoms with van der Waals surface area (Å²) in [6.07, 6.45) is 1.30. The summed E-state index contributed by atoms with van der Waals surface area (Å²) in [5, 5.41) is 2.08. The molecular weight excluding hydrogens is 234 g/mol. The van der Waals surface area contributed by atoms with Gasteiger partial charge in [0.15, 0.2) is 0 Å². The standard InChI is InChI=1S/C12H21N3OS/c1-9(6-11-4-3-5-17-11)15(2)10(8-13)7-12(14)16/h3-5,9-10H,6-8,13H2,1-2H3,(H2,14,16). The Bertz CT molecular complexity index is 340. The van der Waals surface area contributed by atoms with Crippen LogP contribution in [0.15, 0.2) is 17.5 Å². The average molecular weight is 255 g/mol. The summed E-state index contributed by atoms with van der Waals surface area (Å²) in [5.74, 6) is -0.296. The van der Waals surface area contributed by atoms with Crippen LogP contribution in [0.4, 0.5) is 0 Å². The van der Waals surface area contributed by atoms with Gasteiger partial charge in [-0.25, -0.2) is 0 Å². The van der Waals surface area contributed by atoms with Gasteiger partial charge in [-0.3, -0.25) is 9.69 Å². The van der Waals surface area contributed by atoms with Gasteiger partial charge < -0.3 is 11.5 Å². The van der Waals surface area contributed by atoms with E-state index in [0.29, 0.717) is 19.0 Å². The lowest BCUT2D eigenvalue weighted by Gasteiger charge is -2.31. The molecule has 1 rings (SSSR count). The van der Waals surface area contributed by atoms with Crippen LogP contribution in [0.25, 0.3) is 0 Å². The Morgan fingerprint density at radius 1 is 1.59 bits per heavy atom. The van der Waals surface area contributed by atoms with Crippen molar-refractivity contribution < 1.29 is 4.79 Å². The normalized spacial score (nSPS) is 14.8. The van der Waals surface area contributed by atoms with Gasteiger partial charge in [-0.1, -0.05) is 6.07 Å². The van der Waals surface area contributed by atoms with Gasteiger partial charge in [0.25, 0.3) is 0 Å². The molecule has 0 aliphatic heterocycles. The van der Waals surface area contributed by atoms with E-state index >= 15 is 0 Å². The van der Waals surface area contributed by atoms with Crippen molar-refractivity contribution in [3.63, 3.8) is 0 Å². The molecule has 0 aliphatic carbocycles. The zero-order valence-corrected chi connectivity index (χ0v) is 11.2. The van der Waals surface area contributed by atoms with Crippen LogP contribution in [-0.4, -0.2) is 36.5 Å². The molecule has 4 N–H and O–H groups in total. The molecule has 17 heavy (non-hydrogen) atoms. The van der Waals surface area contributed by atoms with Crippen LogP contribution in [0.2, 0.25) is 0 Å². The van der Waals surface area contributed by atoms with Crippen molar-refractivity contribution in [2.45, 2.75) is 31.8 Å². The number of primary amides is 1. The summed E-state index contributed by atoms with van der Waals surface area (Å²) < 4.78 is 0. The highest BCUT2D eigenvalue weighted by molar-refractivity contribution is 7.09. The van der Waals surface area contributed by atoms with Crippen LogP contribution in [0.5, 0.6) is 0 Å². The summed E-state index contributed by atoms with van der Waals surface area (Å²) >= 11 is 1.75. The predicted molar refractivity (Wildman–Crippen MR) is 71.9 cm³/mol. The number of carbonyl (C=O) groups excluding carboxylic acids is 1. The number of hydrogen-bond acceptors (Lipinski definition) is 4. The topological polar surface area (TPSA) is 72.3 Å². The highest BCUT2D eigenvalue weighted by Crippen LogP contribution is 2.15. The van der Waals surface area contributed by atoms with E-state index in [9.17, 15) is 4.79 Å². The second kappa shape index (κ2) is 6.74. The number of rotatable bonds is 7. The van der Waals surface area contributed by atoms with Crippen molar-refractivity contribution in [3.8, 4) is 0 Å². The Balaban J connectivity index is 2.54. The molecule has 0 bridgehead atoms. The summed E-state index contributed by atoms with van der Waals surface area (Å²) in [6, 6.07) is 4.56. The minimum absolute atomic E-state index is 0.0301. The van der Waals surface area contributed by atoms with Crippen LogP contribution < -0.4 is 11.5 Å². The molecule has 96 valence electrons. The Morgan fingerprint density at radius 3 is 2.76 bits per heavy atom. The maximum Gasteiger partial charge on any atom is 0.219 e. The van der Waals surface area contributed by atoms with Crippen LogP contribution in [0.1, 0.15) is 18.2 Å². The SMILES string of the molecule is CC(Cc1cccs1)N(C)C(CN)CC(N)=O. The second-order valence-electron chi connectivity index (χ2n) is 4.36. The molecule has 0 fully saturated rings. The van der Waals surface area contributed by atoms with Gasteiger partial charge in [0.05, 0.1) is 0 Å². The molecule has 0 spiro atoms. The smallest absolute Gasteiger partial charge is 0.219 e. The van der Waals surface area contributed by atoms with E-state index in [1.54, 1.807) is 11.3 Å². The Morgan fingerprint density at radius 2 is 2.29 bits per heavy atom. The third kappa shape index (κ3) is 4.46. The van der Waals surface area contributed by atoms with Gasteiger partial charge in [-0.2, -0.15) is 0 Å². The Labute approximate surface area is 107 Å². The Kier molecular flexibility index (Phi) is 5.61. The predicted octanol–water partition coefficient (Wildman–Crippen LogP) is 0.814. The number of nitrogens with zero attached hydrogens (tertiary/aromatic N) is 1. The van der Waals surface area contributed by atoms with Gasteiger partial charge in [0.2, 0.25) is 5.91 Å². The van der Waals surface area contributed by atoms with Crippen LogP contribution in [0.3, 0.4) is 0 Å². The maximum absolute atomic E-state index is 11.0. The molecule has 0 saturated heterocycles. The number of likely N-dealkylation sites (N-methyl/N-ethyl adjacent to an activating group) is 1. The molecule has 4 nitrogen and oxygen atoms in total. The zero-order chi connectivity index (χ0) is 12.8. The third-order valence-electron chi connectivity index (χ3n) is 3.06.